The van der Waals surface area contributed by atoms with Crippen LogP contribution in [0.25, 0.3) is 0 Å². The molecule has 0 aromatic heterocycles. The number of anilines is 1. The third kappa shape index (κ3) is 4.50. The zero-order chi connectivity index (χ0) is 17.0. The summed E-state index contributed by atoms with van der Waals surface area (Å²) in [6.45, 7) is 4.45. The first-order valence-corrected chi connectivity index (χ1v) is 7.50. The molecule has 0 atom stereocenters. The minimum Gasteiger partial charge on any atom is -0.366 e. The van der Waals surface area contributed by atoms with Crippen molar-refractivity contribution in [1.29, 1.82) is 0 Å². The van der Waals surface area contributed by atoms with Crippen molar-refractivity contribution in [2.24, 2.45) is 5.73 Å². The molecule has 3 N–H and O–H groups in total. The molecule has 23 heavy (non-hydrogen) atoms. The van der Waals surface area contributed by atoms with Gasteiger partial charge in [0.2, 0.25) is 5.91 Å². The van der Waals surface area contributed by atoms with Gasteiger partial charge in [-0.1, -0.05) is 42.1 Å². The summed E-state index contributed by atoms with van der Waals surface area (Å²) in [4.78, 5) is 23.2. The number of urea groups is 1. The van der Waals surface area contributed by atoms with E-state index in [0.29, 0.717) is 17.8 Å². The number of benzene rings is 2. The van der Waals surface area contributed by atoms with Gasteiger partial charge >= 0.3 is 6.03 Å². The van der Waals surface area contributed by atoms with Crippen LogP contribution in [0.15, 0.2) is 42.5 Å². The molecule has 0 heterocycles. The quantitative estimate of drug-likeness (QED) is 0.754. The van der Waals surface area contributed by atoms with Crippen LogP contribution >= 0.6 is 12.8 Å². The summed E-state index contributed by atoms with van der Waals surface area (Å²) in [6.07, 6.45) is 0. The number of primary amides is 1. The molecule has 0 fully saturated rings. The van der Waals surface area contributed by atoms with E-state index in [1.165, 1.54) is 4.31 Å². The Morgan fingerprint density at radius 3 is 2.17 bits per heavy atom. The third-order valence-electron chi connectivity index (χ3n) is 3.31. The van der Waals surface area contributed by atoms with Crippen molar-refractivity contribution in [2.45, 2.75) is 20.4 Å². The Morgan fingerprint density at radius 2 is 1.65 bits per heavy atom. The Kier molecular flexibility index (Phi) is 5.28. The maximum atomic E-state index is 12.2. The number of thiol groups is 1. The summed E-state index contributed by atoms with van der Waals surface area (Å²) in [7, 11) is 0. The lowest BCUT2D eigenvalue weighted by molar-refractivity contribution is 0.100. The molecule has 0 aliphatic rings. The lowest BCUT2D eigenvalue weighted by Crippen LogP contribution is -2.33. The summed E-state index contributed by atoms with van der Waals surface area (Å²) >= 11 is 4.19. The van der Waals surface area contributed by atoms with E-state index in [0.717, 1.165) is 16.7 Å². The van der Waals surface area contributed by atoms with Crippen molar-refractivity contribution in [3.05, 3.63) is 64.7 Å². The zero-order valence-corrected chi connectivity index (χ0v) is 13.9. The largest absolute Gasteiger partial charge is 0.366 e. The zero-order valence-electron chi connectivity index (χ0n) is 13.0. The highest BCUT2D eigenvalue weighted by Crippen LogP contribution is 2.17. The van der Waals surface area contributed by atoms with Crippen molar-refractivity contribution >= 4 is 30.4 Å². The van der Waals surface area contributed by atoms with Gasteiger partial charge in [0.25, 0.3) is 0 Å². The maximum Gasteiger partial charge on any atom is 0.332 e. The number of amides is 3. The first-order valence-electron chi connectivity index (χ1n) is 7.10. The number of nitrogens with two attached hydrogens (primary N) is 1. The molecule has 3 amide bonds. The van der Waals surface area contributed by atoms with Crippen LogP contribution < -0.4 is 15.4 Å². The second-order valence-electron chi connectivity index (χ2n) is 5.38. The van der Waals surface area contributed by atoms with Gasteiger partial charge in [0, 0.05) is 12.1 Å². The highest BCUT2D eigenvalue weighted by molar-refractivity contribution is 7.82. The Balaban J connectivity index is 2.00. The van der Waals surface area contributed by atoms with Crippen molar-refractivity contribution in [1.82, 2.24) is 5.32 Å². The maximum absolute atomic E-state index is 12.2. The molecule has 0 spiro atoms. The standard InChI is InChI=1S/C17H19N3O2S/c1-11-7-12(2)9-13(8-11)10-19-17(22)20(23)15-5-3-14(4-6-15)16(18)21/h3-9,23H,10H2,1-2H3,(H2,18,21)(H,19,22). The van der Waals surface area contributed by atoms with Gasteiger partial charge in [-0.05, 0) is 43.7 Å². The van der Waals surface area contributed by atoms with E-state index in [1.54, 1.807) is 24.3 Å². The van der Waals surface area contributed by atoms with Gasteiger partial charge in [-0.3, -0.25) is 4.79 Å². The van der Waals surface area contributed by atoms with Crippen LogP contribution in [0.5, 0.6) is 0 Å². The molecule has 0 aliphatic heterocycles. The number of nitrogens with zero attached hydrogens (tertiary/aromatic N) is 1. The molecule has 0 radical (unpaired) electrons. The average Bonchev–Trinajstić information content (AvgIpc) is 2.51. The molecular formula is C17H19N3O2S. The molecule has 0 bridgehead atoms. The predicted molar refractivity (Wildman–Crippen MR) is 94.6 cm³/mol. The van der Waals surface area contributed by atoms with E-state index in [-0.39, 0.29) is 6.03 Å². The second-order valence-corrected chi connectivity index (χ2v) is 5.78. The number of hydrogen-bond acceptors (Lipinski definition) is 3. The summed E-state index contributed by atoms with van der Waals surface area (Å²) in [5.74, 6) is -0.512. The molecule has 0 saturated heterocycles. The number of carbonyl (C=O) groups excluding carboxylic acids is 2. The summed E-state index contributed by atoms with van der Waals surface area (Å²) in [5, 5.41) is 2.81. The van der Waals surface area contributed by atoms with Crippen LogP contribution in [0.4, 0.5) is 10.5 Å². The summed E-state index contributed by atoms with van der Waals surface area (Å²) < 4.78 is 1.19. The van der Waals surface area contributed by atoms with Gasteiger partial charge in [0.15, 0.2) is 0 Å². The van der Waals surface area contributed by atoms with Crippen molar-refractivity contribution in [3.63, 3.8) is 0 Å². The first-order chi connectivity index (χ1) is 10.9. The minimum atomic E-state index is -0.512. The first kappa shape index (κ1) is 16.9. The minimum absolute atomic E-state index is 0.348. The Bertz CT molecular complexity index is 709. The highest BCUT2D eigenvalue weighted by atomic mass is 32.1. The molecule has 6 heteroatoms. The van der Waals surface area contributed by atoms with Crippen molar-refractivity contribution in [3.8, 4) is 0 Å². The smallest absolute Gasteiger partial charge is 0.332 e. The lowest BCUT2D eigenvalue weighted by Gasteiger charge is -2.17. The molecular weight excluding hydrogens is 310 g/mol. The van der Waals surface area contributed by atoms with Gasteiger partial charge < -0.3 is 11.1 Å². The van der Waals surface area contributed by atoms with E-state index >= 15 is 0 Å². The monoisotopic (exact) mass is 329 g/mol. The van der Waals surface area contributed by atoms with Gasteiger partial charge in [-0.2, -0.15) is 0 Å². The lowest BCUT2D eigenvalue weighted by atomic mass is 10.1. The second kappa shape index (κ2) is 7.19. The van der Waals surface area contributed by atoms with E-state index < -0.39 is 5.91 Å². The fraction of sp³-hybridized carbons (Fsp3) is 0.176. The van der Waals surface area contributed by atoms with Crippen molar-refractivity contribution in [2.75, 3.05) is 4.31 Å². The predicted octanol–water partition coefficient (Wildman–Crippen LogP) is 2.96. The number of aryl methyl sites for hydroxylation is 2. The van der Waals surface area contributed by atoms with E-state index in [9.17, 15) is 9.59 Å². The fourth-order valence-electron chi connectivity index (χ4n) is 2.31. The molecule has 5 nitrogen and oxygen atoms in total. The van der Waals surface area contributed by atoms with E-state index in [2.05, 4.69) is 24.2 Å². The Morgan fingerprint density at radius 1 is 1.09 bits per heavy atom. The van der Waals surface area contributed by atoms with Gasteiger partial charge in [0.05, 0.1) is 5.69 Å². The number of rotatable bonds is 4. The van der Waals surface area contributed by atoms with Crippen LogP contribution in [-0.4, -0.2) is 11.9 Å². The number of carbonyl (C=O) groups is 2. The van der Waals surface area contributed by atoms with Crippen molar-refractivity contribution < 1.29 is 9.59 Å². The Hall–Kier alpha value is -2.47. The summed E-state index contributed by atoms with van der Waals surface area (Å²) in [6, 6.07) is 12.1. The highest BCUT2D eigenvalue weighted by Gasteiger charge is 2.12. The van der Waals surface area contributed by atoms with Crippen LogP contribution in [0, 0.1) is 13.8 Å². The average molecular weight is 329 g/mol. The third-order valence-corrected chi connectivity index (χ3v) is 3.73. The van der Waals surface area contributed by atoms with Crippen LogP contribution in [0.2, 0.25) is 0 Å². The van der Waals surface area contributed by atoms with Gasteiger partial charge in [-0.15, -0.1) is 0 Å². The van der Waals surface area contributed by atoms with Crippen LogP contribution in [0.1, 0.15) is 27.0 Å². The van der Waals surface area contributed by atoms with Gasteiger partial charge in [0.1, 0.15) is 0 Å². The van der Waals surface area contributed by atoms with E-state index in [1.807, 2.05) is 26.0 Å². The normalized spacial score (nSPS) is 10.2. The molecule has 0 unspecified atom stereocenters. The SMILES string of the molecule is Cc1cc(C)cc(CNC(=O)N(S)c2ccc(C(N)=O)cc2)c1. The molecule has 0 saturated carbocycles. The fourth-order valence-corrected chi connectivity index (χ4v) is 2.51. The number of hydrogen-bond donors (Lipinski definition) is 3. The van der Waals surface area contributed by atoms with E-state index in [4.69, 9.17) is 5.73 Å². The summed E-state index contributed by atoms with van der Waals surface area (Å²) in [5.41, 5.74) is 9.45. The molecule has 120 valence electrons. The molecule has 2 aromatic carbocycles. The van der Waals surface area contributed by atoms with Crippen LogP contribution in [-0.2, 0) is 6.54 Å². The molecule has 2 rings (SSSR count). The number of nitrogens with one attached hydrogen (secondary N) is 1. The molecule has 2 aromatic rings. The molecule has 0 aliphatic carbocycles. The van der Waals surface area contributed by atoms with Gasteiger partial charge in [-0.25, -0.2) is 9.10 Å². The Labute approximate surface area is 141 Å². The topological polar surface area (TPSA) is 75.4 Å². The van der Waals surface area contributed by atoms with Crippen LogP contribution in [0.3, 0.4) is 0 Å².